The summed E-state index contributed by atoms with van der Waals surface area (Å²) in [6, 6.07) is 7.60. The van der Waals surface area contributed by atoms with Gasteiger partial charge in [0.15, 0.2) is 5.82 Å². The molecule has 6 heteroatoms. The molecule has 0 saturated carbocycles. The molecule has 2 rings (SSSR count). The van der Waals surface area contributed by atoms with Crippen LogP contribution in [0.25, 0.3) is 0 Å². The Balaban J connectivity index is 2.35. The predicted molar refractivity (Wildman–Crippen MR) is 76.7 cm³/mol. The van der Waals surface area contributed by atoms with Gasteiger partial charge in [-0.15, -0.1) is 11.6 Å². The highest BCUT2D eigenvalue weighted by molar-refractivity contribution is 6.32. The molecule has 0 radical (unpaired) electrons. The minimum atomic E-state index is -0.626. The SMILES string of the molecule is Cc1noc(CN(C(=O)C(C)Cl)c2ccccc2C)n1. The molecule has 0 bridgehead atoms. The van der Waals surface area contributed by atoms with Crippen molar-refractivity contribution in [1.29, 1.82) is 0 Å². The third-order valence-corrected chi connectivity index (χ3v) is 3.06. The monoisotopic (exact) mass is 293 g/mol. The number of nitrogens with zero attached hydrogens (tertiary/aromatic N) is 3. The van der Waals surface area contributed by atoms with Crippen LogP contribution in [0.4, 0.5) is 5.69 Å². The van der Waals surface area contributed by atoms with E-state index in [1.165, 1.54) is 0 Å². The lowest BCUT2D eigenvalue weighted by Crippen LogP contribution is -2.35. The molecule has 0 spiro atoms. The van der Waals surface area contributed by atoms with Gasteiger partial charge in [0.25, 0.3) is 0 Å². The van der Waals surface area contributed by atoms with Crippen molar-refractivity contribution in [2.75, 3.05) is 4.90 Å². The number of carbonyl (C=O) groups is 1. The number of alkyl halides is 1. The summed E-state index contributed by atoms with van der Waals surface area (Å²) in [4.78, 5) is 18.0. The summed E-state index contributed by atoms with van der Waals surface area (Å²) in [7, 11) is 0. The summed E-state index contributed by atoms with van der Waals surface area (Å²) in [6.07, 6.45) is 0. The van der Waals surface area contributed by atoms with E-state index in [-0.39, 0.29) is 12.5 Å². The Kier molecular flexibility index (Phi) is 4.39. The zero-order valence-corrected chi connectivity index (χ0v) is 12.4. The Hall–Kier alpha value is -1.88. The number of rotatable bonds is 4. The molecule has 0 saturated heterocycles. The molecule has 5 nitrogen and oxygen atoms in total. The van der Waals surface area contributed by atoms with Crippen molar-refractivity contribution >= 4 is 23.2 Å². The van der Waals surface area contributed by atoms with Crippen LogP contribution in [0.1, 0.15) is 24.2 Å². The van der Waals surface area contributed by atoms with Gasteiger partial charge in [-0.2, -0.15) is 4.98 Å². The van der Waals surface area contributed by atoms with Gasteiger partial charge in [-0.3, -0.25) is 4.79 Å². The number of hydrogen-bond donors (Lipinski definition) is 0. The van der Waals surface area contributed by atoms with Crippen molar-refractivity contribution < 1.29 is 9.32 Å². The molecule has 0 aliphatic carbocycles. The molecule has 0 fully saturated rings. The number of carbonyl (C=O) groups excluding carboxylic acids is 1. The second-order valence-corrected chi connectivity index (χ2v) is 5.22. The number of para-hydroxylation sites is 1. The van der Waals surface area contributed by atoms with Crippen molar-refractivity contribution in [2.45, 2.75) is 32.7 Å². The van der Waals surface area contributed by atoms with Gasteiger partial charge < -0.3 is 9.42 Å². The van der Waals surface area contributed by atoms with E-state index in [1.54, 1.807) is 18.7 Å². The highest BCUT2D eigenvalue weighted by Gasteiger charge is 2.23. The zero-order valence-electron chi connectivity index (χ0n) is 11.6. The van der Waals surface area contributed by atoms with E-state index < -0.39 is 5.38 Å². The number of aromatic nitrogens is 2. The lowest BCUT2D eigenvalue weighted by atomic mass is 10.1. The molecule has 20 heavy (non-hydrogen) atoms. The Morgan fingerprint density at radius 3 is 2.65 bits per heavy atom. The highest BCUT2D eigenvalue weighted by atomic mass is 35.5. The first-order valence-corrected chi connectivity index (χ1v) is 6.73. The van der Waals surface area contributed by atoms with Crippen LogP contribution in [0.15, 0.2) is 28.8 Å². The van der Waals surface area contributed by atoms with Gasteiger partial charge in [-0.05, 0) is 32.4 Å². The minimum Gasteiger partial charge on any atom is -0.337 e. The van der Waals surface area contributed by atoms with Crippen molar-refractivity contribution in [3.05, 3.63) is 41.5 Å². The van der Waals surface area contributed by atoms with Crippen molar-refractivity contribution in [3.63, 3.8) is 0 Å². The molecule has 1 aromatic heterocycles. The Bertz CT molecular complexity index is 610. The highest BCUT2D eigenvalue weighted by Crippen LogP contribution is 2.23. The summed E-state index contributed by atoms with van der Waals surface area (Å²) < 4.78 is 5.09. The van der Waals surface area contributed by atoms with Crippen LogP contribution in [-0.4, -0.2) is 21.4 Å². The van der Waals surface area contributed by atoms with Gasteiger partial charge in [-0.1, -0.05) is 23.4 Å². The Labute approximate surface area is 122 Å². The summed E-state index contributed by atoms with van der Waals surface area (Å²) in [5.41, 5.74) is 1.77. The summed E-state index contributed by atoms with van der Waals surface area (Å²) in [6.45, 7) is 5.53. The molecule has 106 valence electrons. The van der Waals surface area contributed by atoms with Crippen molar-refractivity contribution in [1.82, 2.24) is 10.1 Å². The second-order valence-electron chi connectivity index (χ2n) is 4.56. The van der Waals surface area contributed by atoms with Crippen molar-refractivity contribution in [2.24, 2.45) is 0 Å². The fourth-order valence-corrected chi connectivity index (χ4v) is 2.02. The predicted octanol–water partition coefficient (Wildman–Crippen LogP) is 2.85. The molecular formula is C14H16ClN3O2. The molecule has 1 amide bonds. The van der Waals surface area contributed by atoms with Crippen molar-refractivity contribution in [3.8, 4) is 0 Å². The fraction of sp³-hybridized carbons (Fsp3) is 0.357. The first kappa shape index (κ1) is 14.5. The summed E-state index contributed by atoms with van der Waals surface area (Å²) in [5.74, 6) is 0.726. The number of hydrogen-bond acceptors (Lipinski definition) is 4. The van der Waals surface area contributed by atoms with Crippen LogP contribution in [0.2, 0.25) is 0 Å². The fourth-order valence-electron chi connectivity index (χ4n) is 1.90. The standard InChI is InChI=1S/C14H16ClN3O2/c1-9-6-4-5-7-12(9)18(14(19)10(2)15)8-13-16-11(3)17-20-13/h4-7,10H,8H2,1-3H3. The normalized spacial score (nSPS) is 12.2. The van der Waals surface area contributed by atoms with Crippen LogP contribution < -0.4 is 4.90 Å². The largest absolute Gasteiger partial charge is 0.337 e. The number of halogens is 1. The molecule has 2 aromatic rings. The molecule has 1 heterocycles. The van der Waals surface area contributed by atoms with E-state index in [2.05, 4.69) is 10.1 Å². The maximum absolute atomic E-state index is 12.3. The Morgan fingerprint density at radius 1 is 1.40 bits per heavy atom. The van der Waals surface area contributed by atoms with Gasteiger partial charge in [0.2, 0.25) is 11.8 Å². The zero-order chi connectivity index (χ0) is 14.7. The van der Waals surface area contributed by atoms with Crippen LogP contribution in [0, 0.1) is 13.8 Å². The van der Waals surface area contributed by atoms with Gasteiger partial charge in [0.1, 0.15) is 11.9 Å². The maximum atomic E-state index is 12.3. The van der Waals surface area contributed by atoms with E-state index in [0.29, 0.717) is 11.7 Å². The molecule has 1 aromatic carbocycles. The summed E-state index contributed by atoms with van der Waals surface area (Å²) in [5, 5.41) is 3.11. The van der Waals surface area contributed by atoms with E-state index in [1.807, 2.05) is 31.2 Å². The topological polar surface area (TPSA) is 59.2 Å². The molecular weight excluding hydrogens is 278 g/mol. The quantitative estimate of drug-likeness (QED) is 0.813. The average Bonchev–Trinajstić information content (AvgIpc) is 2.81. The third kappa shape index (κ3) is 3.17. The first-order chi connectivity index (χ1) is 9.49. The average molecular weight is 294 g/mol. The van der Waals surface area contributed by atoms with Gasteiger partial charge in [0, 0.05) is 5.69 Å². The second kappa shape index (κ2) is 6.05. The molecule has 1 atom stereocenters. The Morgan fingerprint density at radius 2 is 2.10 bits per heavy atom. The van der Waals surface area contributed by atoms with E-state index >= 15 is 0 Å². The van der Waals surface area contributed by atoms with Crippen LogP contribution in [-0.2, 0) is 11.3 Å². The van der Waals surface area contributed by atoms with Crippen LogP contribution in [0.5, 0.6) is 0 Å². The van der Waals surface area contributed by atoms with E-state index in [9.17, 15) is 4.79 Å². The number of aryl methyl sites for hydroxylation is 2. The van der Waals surface area contributed by atoms with Crippen LogP contribution in [0.3, 0.4) is 0 Å². The number of anilines is 1. The first-order valence-electron chi connectivity index (χ1n) is 6.29. The lowest BCUT2D eigenvalue weighted by molar-refractivity contribution is -0.118. The van der Waals surface area contributed by atoms with Gasteiger partial charge >= 0.3 is 0 Å². The molecule has 0 aliphatic heterocycles. The van der Waals surface area contributed by atoms with Gasteiger partial charge in [-0.25, -0.2) is 0 Å². The summed E-state index contributed by atoms with van der Waals surface area (Å²) >= 11 is 5.94. The minimum absolute atomic E-state index is 0.197. The third-order valence-electron chi connectivity index (χ3n) is 2.88. The van der Waals surface area contributed by atoms with E-state index in [4.69, 9.17) is 16.1 Å². The van der Waals surface area contributed by atoms with Gasteiger partial charge in [0.05, 0.1) is 0 Å². The number of benzene rings is 1. The molecule has 0 aliphatic rings. The van der Waals surface area contributed by atoms with Crippen LogP contribution >= 0.6 is 11.6 Å². The van der Waals surface area contributed by atoms with E-state index in [0.717, 1.165) is 11.3 Å². The molecule has 0 N–H and O–H groups in total. The molecule has 1 unspecified atom stereocenters. The smallest absolute Gasteiger partial charge is 0.246 e. The maximum Gasteiger partial charge on any atom is 0.246 e. The number of amides is 1. The lowest BCUT2D eigenvalue weighted by Gasteiger charge is -2.24.